The maximum Gasteiger partial charge on any atom is 0.231 e. The smallest absolute Gasteiger partial charge is 0.231 e. The number of hydrogen-bond acceptors (Lipinski definition) is 5. The minimum Gasteiger partial charge on any atom is -0.495 e. The molecule has 0 saturated carbocycles. The monoisotopic (exact) mass is 496 g/mol. The molecule has 3 heterocycles. The summed E-state index contributed by atoms with van der Waals surface area (Å²) in [5.41, 5.74) is 2.25. The van der Waals surface area contributed by atoms with Crippen molar-refractivity contribution in [3.63, 3.8) is 0 Å². The molecule has 0 bridgehead atoms. The third-order valence-electron chi connectivity index (χ3n) is 7.58. The molecule has 5 rings (SSSR count). The largest absolute Gasteiger partial charge is 0.495 e. The zero-order valence-corrected chi connectivity index (χ0v) is 20.4. The van der Waals surface area contributed by atoms with Gasteiger partial charge in [-0.1, -0.05) is 6.07 Å². The lowest BCUT2D eigenvalue weighted by molar-refractivity contribution is -0.150. The first kappa shape index (κ1) is 24.4. The van der Waals surface area contributed by atoms with Gasteiger partial charge in [0.2, 0.25) is 5.91 Å². The highest BCUT2D eigenvalue weighted by molar-refractivity contribution is 5.86. The summed E-state index contributed by atoms with van der Waals surface area (Å²) >= 11 is 0. The number of aliphatic hydroxyl groups excluding tert-OH is 1. The normalized spacial score (nSPS) is 22.9. The van der Waals surface area contributed by atoms with E-state index in [1.807, 2.05) is 35.9 Å². The molecule has 2 N–H and O–H groups in total. The molecule has 3 aromatic rings. The van der Waals surface area contributed by atoms with Crippen molar-refractivity contribution in [1.82, 2.24) is 19.8 Å². The van der Waals surface area contributed by atoms with Gasteiger partial charge in [0.25, 0.3) is 0 Å². The van der Waals surface area contributed by atoms with Gasteiger partial charge >= 0.3 is 0 Å². The molecule has 2 fully saturated rings. The molecular formula is C27H30F2N4O3. The van der Waals surface area contributed by atoms with Gasteiger partial charge in [-0.15, -0.1) is 0 Å². The molecule has 9 heteroatoms. The van der Waals surface area contributed by atoms with Gasteiger partial charge in [-0.2, -0.15) is 0 Å². The summed E-state index contributed by atoms with van der Waals surface area (Å²) in [6.07, 6.45) is 5.06. The average molecular weight is 497 g/mol. The molecule has 0 radical (unpaired) electrons. The van der Waals surface area contributed by atoms with Gasteiger partial charge in [0.15, 0.2) is 0 Å². The number of halogens is 2. The number of carbonyl (C=O) groups excluding carboxylic acids is 1. The van der Waals surface area contributed by atoms with Crippen molar-refractivity contribution in [3.8, 4) is 11.4 Å². The molecule has 36 heavy (non-hydrogen) atoms. The highest BCUT2D eigenvalue weighted by Crippen LogP contribution is 2.48. The van der Waals surface area contributed by atoms with Crippen LogP contribution in [0.4, 0.5) is 8.78 Å². The van der Waals surface area contributed by atoms with Crippen LogP contribution >= 0.6 is 0 Å². The van der Waals surface area contributed by atoms with Crippen molar-refractivity contribution >= 4 is 5.91 Å². The molecule has 2 aliphatic rings. The zero-order chi connectivity index (χ0) is 25.4. The maximum absolute atomic E-state index is 14.1. The van der Waals surface area contributed by atoms with Gasteiger partial charge in [-0.3, -0.25) is 4.79 Å². The molecule has 3 atom stereocenters. The van der Waals surface area contributed by atoms with Crippen molar-refractivity contribution in [1.29, 1.82) is 0 Å². The number of benzene rings is 2. The zero-order valence-electron chi connectivity index (χ0n) is 20.4. The van der Waals surface area contributed by atoms with E-state index in [1.165, 1.54) is 12.1 Å². The highest BCUT2D eigenvalue weighted by Gasteiger charge is 2.53. The molecule has 190 valence electrons. The number of nitrogens with zero attached hydrogens (tertiary/aromatic N) is 3. The molecule has 2 aromatic carbocycles. The van der Waals surface area contributed by atoms with Gasteiger partial charge in [-0.25, -0.2) is 13.8 Å². The Morgan fingerprint density at radius 1 is 1.25 bits per heavy atom. The fraction of sp³-hybridized carbons (Fsp3) is 0.407. The Hall–Kier alpha value is -3.30. The quantitative estimate of drug-likeness (QED) is 0.546. The number of ether oxygens (including phenoxy) is 1. The van der Waals surface area contributed by atoms with Crippen LogP contribution in [0, 0.1) is 24.0 Å². The van der Waals surface area contributed by atoms with Crippen molar-refractivity contribution in [2.24, 2.45) is 5.41 Å². The van der Waals surface area contributed by atoms with E-state index in [4.69, 9.17) is 4.74 Å². The highest BCUT2D eigenvalue weighted by atomic mass is 19.1. The van der Waals surface area contributed by atoms with E-state index in [-0.39, 0.29) is 17.4 Å². The molecule has 1 aromatic heterocycles. The standard InChI is InChI=1S/C27H30F2N4O3/c1-17-13-32(16-31-17)23-5-4-18(10-25(23)36-2)22-12-30-15-27(22)6-3-7-33(26(27)35)24(14-34)19-8-20(28)11-21(29)9-19/h4-5,8-11,13,16,22,24,30,34H,3,6-7,12,14-15H2,1-2H3/t22?,24-,27?/m0/s1. The molecule has 2 aliphatic heterocycles. The van der Waals surface area contributed by atoms with Gasteiger partial charge in [0, 0.05) is 37.8 Å². The molecule has 1 amide bonds. The van der Waals surface area contributed by atoms with Crippen LogP contribution in [0.1, 0.15) is 41.6 Å². The number of nitrogens with one attached hydrogen (secondary N) is 1. The number of carbonyl (C=O) groups is 1. The summed E-state index contributed by atoms with van der Waals surface area (Å²) in [5, 5.41) is 13.6. The van der Waals surface area contributed by atoms with Crippen LogP contribution in [0.5, 0.6) is 5.75 Å². The topological polar surface area (TPSA) is 79.6 Å². The second-order valence-electron chi connectivity index (χ2n) is 9.70. The first-order chi connectivity index (χ1) is 17.4. The van der Waals surface area contributed by atoms with Gasteiger partial charge in [0.05, 0.1) is 42.9 Å². The Morgan fingerprint density at radius 3 is 2.69 bits per heavy atom. The van der Waals surface area contributed by atoms with Crippen LogP contribution in [0.15, 0.2) is 48.9 Å². The Balaban J connectivity index is 1.49. The molecule has 7 nitrogen and oxygen atoms in total. The summed E-state index contributed by atoms with van der Waals surface area (Å²) in [6, 6.07) is 8.30. The Morgan fingerprint density at radius 2 is 2.03 bits per heavy atom. The Bertz CT molecular complexity index is 1260. The van der Waals surface area contributed by atoms with E-state index >= 15 is 0 Å². The SMILES string of the molecule is COc1cc(C2CNCC23CCCN([C@@H](CO)c2cc(F)cc(F)c2)C3=O)ccc1-n1cnc(C)c1. The van der Waals surface area contributed by atoms with E-state index in [0.29, 0.717) is 31.8 Å². The summed E-state index contributed by atoms with van der Waals surface area (Å²) in [7, 11) is 1.62. The van der Waals surface area contributed by atoms with Crippen LogP contribution in [-0.4, -0.2) is 58.8 Å². The lowest BCUT2D eigenvalue weighted by Gasteiger charge is -2.45. The van der Waals surface area contributed by atoms with Crippen molar-refractivity contribution in [2.45, 2.75) is 31.7 Å². The number of rotatable bonds is 6. The molecular weight excluding hydrogens is 466 g/mol. The first-order valence-corrected chi connectivity index (χ1v) is 12.1. The number of imidazole rings is 1. The van der Waals surface area contributed by atoms with Crippen LogP contribution in [0.2, 0.25) is 0 Å². The molecule has 2 saturated heterocycles. The number of aliphatic hydroxyl groups is 1. The van der Waals surface area contributed by atoms with Crippen LogP contribution in [0.3, 0.4) is 0 Å². The minimum atomic E-state index is -0.817. The van der Waals surface area contributed by atoms with Crippen molar-refractivity contribution in [3.05, 3.63) is 77.4 Å². The number of aromatic nitrogens is 2. The second-order valence-corrected chi connectivity index (χ2v) is 9.70. The lowest BCUT2D eigenvalue weighted by Crippen LogP contribution is -2.53. The third-order valence-corrected chi connectivity index (χ3v) is 7.58. The predicted octanol–water partition coefficient (Wildman–Crippen LogP) is 3.50. The molecule has 0 aliphatic carbocycles. The van der Waals surface area contributed by atoms with Crippen LogP contribution in [0.25, 0.3) is 5.69 Å². The maximum atomic E-state index is 14.1. The first-order valence-electron chi connectivity index (χ1n) is 12.1. The minimum absolute atomic E-state index is 0.110. The number of piperidine rings is 1. The fourth-order valence-electron chi connectivity index (χ4n) is 5.87. The second kappa shape index (κ2) is 9.63. The van der Waals surface area contributed by atoms with E-state index in [9.17, 15) is 18.7 Å². The summed E-state index contributed by atoms with van der Waals surface area (Å²) < 4.78 is 35.5. The van der Waals surface area contributed by atoms with E-state index in [0.717, 1.165) is 29.4 Å². The van der Waals surface area contributed by atoms with E-state index < -0.39 is 29.7 Å². The molecule has 2 unspecified atom stereocenters. The number of likely N-dealkylation sites (tertiary alicyclic amines) is 1. The van der Waals surface area contributed by atoms with Crippen LogP contribution < -0.4 is 10.1 Å². The van der Waals surface area contributed by atoms with Gasteiger partial charge in [0.1, 0.15) is 17.4 Å². The average Bonchev–Trinajstić information content (AvgIpc) is 3.48. The van der Waals surface area contributed by atoms with Gasteiger partial charge in [-0.05, 0) is 55.2 Å². The van der Waals surface area contributed by atoms with Crippen molar-refractivity contribution in [2.75, 3.05) is 33.4 Å². The number of amides is 1. The summed E-state index contributed by atoms with van der Waals surface area (Å²) in [4.78, 5) is 20.0. The Labute approximate surface area is 208 Å². The third kappa shape index (κ3) is 4.16. The number of aryl methyl sites for hydroxylation is 1. The Kier molecular flexibility index (Phi) is 6.53. The van der Waals surface area contributed by atoms with Gasteiger partial charge < -0.3 is 24.6 Å². The fourth-order valence-corrected chi connectivity index (χ4v) is 5.87. The predicted molar refractivity (Wildman–Crippen MR) is 130 cm³/mol. The molecule has 1 spiro atoms. The summed E-state index contributed by atoms with van der Waals surface area (Å²) in [5.74, 6) is -1.02. The van der Waals surface area contributed by atoms with Crippen LogP contribution in [-0.2, 0) is 4.79 Å². The van der Waals surface area contributed by atoms with E-state index in [1.54, 1.807) is 18.3 Å². The lowest BCUT2D eigenvalue weighted by atomic mass is 9.68. The number of hydrogen-bond donors (Lipinski definition) is 2. The number of methoxy groups -OCH3 is 1. The summed E-state index contributed by atoms with van der Waals surface area (Å²) in [6.45, 7) is 3.02. The van der Waals surface area contributed by atoms with Crippen molar-refractivity contribution < 1.29 is 23.4 Å². The van der Waals surface area contributed by atoms with E-state index in [2.05, 4.69) is 10.3 Å².